The zero-order valence-corrected chi connectivity index (χ0v) is 12.4. The number of rotatable bonds is 4. The second-order valence-corrected chi connectivity index (χ2v) is 6.54. The van der Waals surface area contributed by atoms with Crippen molar-refractivity contribution in [3.63, 3.8) is 0 Å². The number of halogens is 1. The number of carbonyl (C=O) groups excluding carboxylic acids is 1. The summed E-state index contributed by atoms with van der Waals surface area (Å²) in [6, 6.07) is 8.61. The van der Waals surface area contributed by atoms with E-state index in [4.69, 9.17) is 11.6 Å². The summed E-state index contributed by atoms with van der Waals surface area (Å²) in [5.74, 6) is 0.192. The first-order valence-corrected chi connectivity index (χ1v) is 7.82. The number of carbonyl (C=O) groups is 1. The molecule has 3 nitrogen and oxygen atoms in total. The van der Waals surface area contributed by atoms with Crippen LogP contribution in [0.1, 0.15) is 37.7 Å². The van der Waals surface area contributed by atoms with Crippen LogP contribution in [0.5, 0.6) is 0 Å². The average molecular weight is 293 g/mol. The Morgan fingerprint density at radius 3 is 2.70 bits per heavy atom. The lowest BCUT2D eigenvalue weighted by molar-refractivity contribution is -0.120. The maximum atomic E-state index is 11.4. The van der Waals surface area contributed by atoms with Crippen LogP contribution in [0.15, 0.2) is 24.3 Å². The summed E-state index contributed by atoms with van der Waals surface area (Å²) in [5.41, 5.74) is 1.59. The van der Waals surface area contributed by atoms with Crippen LogP contribution >= 0.6 is 11.6 Å². The predicted octanol–water partition coefficient (Wildman–Crippen LogP) is 2.67. The third kappa shape index (κ3) is 3.53. The molecule has 1 heterocycles. The molecule has 0 aromatic heterocycles. The Kier molecular flexibility index (Phi) is 3.99. The van der Waals surface area contributed by atoms with Crippen LogP contribution in [0.25, 0.3) is 0 Å². The summed E-state index contributed by atoms with van der Waals surface area (Å²) in [7, 11) is 0. The normalized spacial score (nSPS) is 24.9. The van der Waals surface area contributed by atoms with E-state index in [-0.39, 0.29) is 11.4 Å². The second-order valence-electron chi connectivity index (χ2n) is 6.10. The molecule has 4 heteroatoms. The van der Waals surface area contributed by atoms with Gasteiger partial charge in [0.05, 0.1) is 0 Å². The molecule has 1 saturated carbocycles. The molecule has 1 aliphatic carbocycles. The Bertz CT molecular complexity index is 482. The van der Waals surface area contributed by atoms with Crippen LogP contribution in [0.2, 0.25) is 5.02 Å². The molecule has 2 N–H and O–H groups in total. The predicted molar refractivity (Wildman–Crippen MR) is 80.9 cm³/mol. The molecule has 1 atom stereocenters. The quantitative estimate of drug-likeness (QED) is 0.896. The van der Waals surface area contributed by atoms with E-state index in [1.807, 2.05) is 12.1 Å². The van der Waals surface area contributed by atoms with Crippen molar-refractivity contribution in [2.75, 3.05) is 6.54 Å². The van der Waals surface area contributed by atoms with Crippen molar-refractivity contribution in [1.29, 1.82) is 0 Å². The van der Waals surface area contributed by atoms with E-state index in [1.165, 1.54) is 18.4 Å². The van der Waals surface area contributed by atoms with Crippen molar-refractivity contribution in [2.24, 2.45) is 0 Å². The van der Waals surface area contributed by atoms with E-state index in [2.05, 4.69) is 22.8 Å². The van der Waals surface area contributed by atoms with Gasteiger partial charge in [-0.3, -0.25) is 4.79 Å². The minimum Gasteiger partial charge on any atom is -0.356 e. The third-order valence-electron chi connectivity index (χ3n) is 4.35. The van der Waals surface area contributed by atoms with E-state index in [1.54, 1.807) is 0 Å². The van der Waals surface area contributed by atoms with Gasteiger partial charge in [-0.1, -0.05) is 23.7 Å². The molecule has 0 unspecified atom stereocenters. The molecule has 2 fully saturated rings. The maximum Gasteiger partial charge on any atom is 0.220 e. The minimum absolute atomic E-state index is 0.192. The summed E-state index contributed by atoms with van der Waals surface area (Å²) >= 11 is 5.93. The standard InChI is InChI=1S/C16H21ClN2O/c17-13-3-1-12(2-4-13)11-16(8-9-16)19-14-5-6-15(20)18-10-7-14/h1-4,14,19H,5-11H2,(H,18,20)/t14-/m1/s1. The van der Waals surface area contributed by atoms with Crippen molar-refractivity contribution >= 4 is 17.5 Å². The zero-order chi connectivity index (χ0) is 14.0. The molecule has 108 valence electrons. The highest BCUT2D eigenvalue weighted by molar-refractivity contribution is 6.30. The number of nitrogens with one attached hydrogen (secondary N) is 2. The molecule has 3 rings (SSSR count). The number of hydrogen-bond acceptors (Lipinski definition) is 2. The fraction of sp³-hybridized carbons (Fsp3) is 0.562. The smallest absolute Gasteiger partial charge is 0.220 e. The molecule has 1 amide bonds. The van der Waals surface area contributed by atoms with Gasteiger partial charge in [-0.2, -0.15) is 0 Å². The van der Waals surface area contributed by atoms with E-state index in [9.17, 15) is 4.79 Å². The van der Waals surface area contributed by atoms with Gasteiger partial charge >= 0.3 is 0 Å². The fourth-order valence-corrected chi connectivity index (χ4v) is 3.14. The molecular weight excluding hydrogens is 272 g/mol. The highest BCUT2D eigenvalue weighted by atomic mass is 35.5. The van der Waals surface area contributed by atoms with E-state index in [0.717, 1.165) is 30.8 Å². The first-order valence-electron chi connectivity index (χ1n) is 7.44. The van der Waals surface area contributed by atoms with Gasteiger partial charge < -0.3 is 10.6 Å². The topological polar surface area (TPSA) is 41.1 Å². The third-order valence-corrected chi connectivity index (χ3v) is 4.61. The van der Waals surface area contributed by atoms with Crippen molar-refractivity contribution < 1.29 is 4.79 Å². The van der Waals surface area contributed by atoms with Crippen LogP contribution in [0, 0.1) is 0 Å². The number of benzene rings is 1. The summed E-state index contributed by atoms with van der Waals surface area (Å²) in [5, 5.41) is 7.54. The Balaban J connectivity index is 1.58. The Hall–Kier alpha value is -1.06. The Labute approximate surface area is 125 Å². The summed E-state index contributed by atoms with van der Waals surface area (Å²) in [6.07, 6.45) is 6.15. The fourth-order valence-electron chi connectivity index (χ4n) is 3.02. The highest BCUT2D eigenvalue weighted by Crippen LogP contribution is 2.39. The average Bonchev–Trinajstić information content (AvgIpc) is 3.20. The minimum atomic E-state index is 0.192. The van der Waals surface area contributed by atoms with Crippen LogP contribution < -0.4 is 10.6 Å². The molecule has 2 aliphatic rings. The lowest BCUT2D eigenvalue weighted by atomic mass is 10.0. The zero-order valence-electron chi connectivity index (χ0n) is 11.6. The SMILES string of the molecule is O=C1CC[C@@H](NC2(Cc3ccc(Cl)cc3)CC2)CCN1. The first kappa shape index (κ1) is 13.9. The van der Waals surface area contributed by atoms with Crippen molar-refractivity contribution in [1.82, 2.24) is 10.6 Å². The Morgan fingerprint density at radius 2 is 2.00 bits per heavy atom. The molecule has 0 spiro atoms. The van der Waals surface area contributed by atoms with Gasteiger partial charge in [0.25, 0.3) is 0 Å². The summed E-state index contributed by atoms with van der Waals surface area (Å²) in [4.78, 5) is 11.4. The molecule has 20 heavy (non-hydrogen) atoms. The van der Waals surface area contributed by atoms with Crippen LogP contribution in [0.3, 0.4) is 0 Å². The molecule has 0 bridgehead atoms. The number of amides is 1. The van der Waals surface area contributed by atoms with E-state index < -0.39 is 0 Å². The van der Waals surface area contributed by atoms with Gasteiger partial charge in [-0.25, -0.2) is 0 Å². The Morgan fingerprint density at radius 1 is 1.25 bits per heavy atom. The van der Waals surface area contributed by atoms with Gasteiger partial charge in [0, 0.05) is 29.6 Å². The summed E-state index contributed by atoms with van der Waals surface area (Å²) < 4.78 is 0. The molecule has 1 aromatic rings. The lowest BCUT2D eigenvalue weighted by Gasteiger charge is -2.24. The van der Waals surface area contributed by atoms with Gasteiger partial charge in [0.2, 0.25) is 5.91 Å². The van der Waals surface area contributed by atoms with Crippen molar-refractivity contribution in [3.8, 4) is 0 Å². The number of hydrogen-bond donors (Lipinski definition) is 2. The van der Waals surface area contributed by atoms with E-state index >= 15 is 0 Å². The highest BCUT2D eigenvalue weighted by Gasteiger charge is 2.43. The van der Waals surface area contributed by atoms with E-state index in [0.29, 0.717) is 12.5 Å². The molecule has 1 saturated heterocycles. The summed E-state index contributed by atoms with van der Waals surface area (Å²) in [6.45, 7) is 0.799. The van der Waals surface area contributed by atoms with Gasteiger partial charge in [-0.05, 0) is 49.8 Å². The van der Waals surface area contributed by atoms with Gasteiger partial charge in [-0.15, -0.1) is 0 Å². The van der Waals surface area contributed by atoms with Gasteiger partial charge in [0.1, 0.15) is 0 Å². The maximum absolute atomic E-state index is 11.4. The van der Waals surface area contributed by atoms with Gasteiger partial charge in [0.15, 0.2) is 0 Å². The lowest BCUT2D eigenvalue weighted by Crippen LogP contribution is -2.42. The molecular formula is C16H21ClN2O. The van der Waals surface area contributed by atoms with Crippen LogP contribution in [0.4, 0.5) is 0 Å². The monoisotopic (exact) mass is 292 g/mol. The second kappa shape index (κ2) is 5.74. The molecule has 1 aromatic carbocycles. The van der Waals surface area contributed by atoms with Crippen molar-refractivity contribution in [2.45, 2.75) is 50.1 Å². The van der Waals surface area contributed by atoms with Crippen molar-refractivity contribution in [3.05, 3.63) is 34.9 Å². The largest absolute Gasteiger partial charge is 0.356 e. The molecule has 0 radical (unpaired) electrons. The molecule has 1 aliphatic heterocycles. The van der Waals surface area contributed by atoms with Crippen LogP contribution in [-0.2, 0) is 11.2 Å². The first-order chi connectivity index (χ1) is 9.65. The van der Waals surface area contributed by atoms with Crippen LogP contribution in [-0.4, -0.2) is 24.0 Å².